The number of carbonyl (C=O) groups is 1. The molecule has 0 heterocycles. The van der Waals surface area contributed by atoms with E-state index in [2.05, 4.69) is 0 Å². The van der Waals surface area contributed by atoms with Crippen molar-refractivity contribution in [3.63, 3.8) is 0 Å². The maximum absolute atomic E-state index is 10.8. The molecule has 1 unspecified atom stereocenters. The van der Waals surface area contributed by atoms with Gasteiger partial charge in [-0.15, -0.1) is 0 Å². The van der Waals surface area contributed by atoms with Gasteiger partial charge < -0.3 is 0 Å². The number of carbonyl (C=O) groups excluding carboxylic acids is 1. The molecule has 0 aromatic heterocycles. The molecule has 0 aromatic carbocycles. The number of ether oxygens (including phenoxy) is 1. The van der Waals surface area contributed by atoms with E-state index in [-0.39, 0.29) is 13.3 Å². The van der Waals surface area contributed by atoms with Crippen LogP contribution in [0.4, 0.5) is 0 Å². The van der Waals surface area contributed by atoms with Gasteiger partial charge in [-0.25, -0.2) is 0 Å². The minimum Gasteiger partial charge on any atom is 1.00 e. The molecule has 0 aliphatic heterocycles. The summed E-state index contributed by atoms with van der Waals surface area (Å²) in [6, 6.07) is 0. The second-order valence-corrected chi connectivity index (χ2v) is 2.88. The summed E-state index contributed by atoms with van der Waals surface area (Å²) in [6.07, 6.45) is 0. The van der Waals surface area contributed by atoms with E-state index in [1.165, 1.54) is 0 Å². The van der Waals surface area contributed by atoms with Crippen molar-refractivity contribution in [1.29, 1.82) is 0 Å². The van der Waals surface area contributed by atoms with Crippen molar-refractivity contribution in [3.05, 3.63) is 0 Å². The maximum atomic E-state index is 10.8. The summed E-state index contributed by atoms with van der Waals surface area (Å²) in [5, 5.41) is 0. The van der Waals surface area contributed by atoms with Gasteiger partial charge in [0.15, 0.2) is 0 Å². The first-order valence-corrected chi connectivity index (χ1v) is 4.80. The Hall–Kier alpha value is 0.260. The van der Waals surface area contributed by atoms with Crippen molar-refractivity contribution in [2.24, 2.45) is 5.92 Å². The SMILES string of the molecule is CCOC(=O)C(C)C[TeH].[H+]. The fourth-order valence-electron chi connectivity index (χ4n) is 0.359. The van der Waals surface area contributed by atoms with Crippen molar-refractivity contribution in [2.75, 3.05) is 6.61 Å². The first-order valence-electron chi connectivity index (χ1n) is 2.99. The summed E-state index contributed by atoms with van der Waals surface area (Å²) in [5.74, 6) is 0.0115. The van der Waals surface area contributed by atoms with E-state index in [1.54, 1.807) is 22.3 Å². The number of rotatable bonds is 3. The predicted octanol–water partition coefficient (Wildman–Crippen LogP) is 0.617. The van der Waals surface area contributed by atoms with Crippen LogP contribution in [-0.2, 0) is 9.53 Å². The quantitative estimate of drug-likeness (QED) is 0.538. The van der Waals surface area contributed by atoms with Gasteiger partial charge in [0.05, 0.1) is 0 Å². The molecule has 0 saturated heterocycles. The van der Waals surface area contributed by atoms with Crippen LogP contribution < -0.4 is 0 Å². The first-order chi connectivity index (χ1) is 4.22. The summed E-state index contributed by atoms with van der Waals surface area (Å²) >= 11 is 1.65. The van der Waals surface area contributed by atoms with Crippen LogP contribution in [0.1, 0.15) is 15.3 Å². The van der Waals surface area contributed by atoms with E-state index in [0.717, 1.165) is 4.47 Å². The monoisotopic (exact) mass is 247 g/mol. The predicted molar refractivity (Wildman–Crippen MR) is 38.9 cm³/mol. The van der Waals surface area contributed by atoms with Gasteiger partial charge in [0, 0.05) is 0 Å². The van der Waals surface area contributed by atoms with Gasteiger partial charge in [0.25, 0.3) is 0 Å². The molecule has 2 nitrogen and oxygen atoms in total. The Morgan fingerprint density at radius 2 is 2.44 bits per heavy atom. The number of hydrogen-bond donors (Lipinski definition) is 0. The van der Waals surface area contributed by atoms with Crippen molar-refractivity contribution in [2.45, 2.75) is 18.3 Å². The summed E-state index contributed by atoms with van der Waals surface area (Å²) in [7, 11) is 0. The Morgan fingerprint density at radius 3 is 2.78 bits per heavy atom. The van der Waals surface area contributed by atoms with Crippen LogP contribution in [0.3, 0.4) is 0 Å². The van der Waals surface area contributed by atoms with Crippen LogP contribution in [0.25, 0.3) is 0 Å². The molecule has 0 aromatic rings. The van der Waals surface area contributed by atoms with Gasteiger partial charge in [0.2, 0.25) is 0 Å². The molecule has 54 valence electrons. The van der Waals surface area contributed by atoms with Gasteiger partial charge in [-0.1, -0.05) is 0 Å². The zero-order valence-corrected chi connectivity index (χ0v) is 8.31. The molecule has 0 N–H and O–H groups in total. The number of hydrogen-bond acceptors (Lipinski definition) is 2. The molecule has 9 heavy (non-hydrogen) atoms. The van der Waals surface area contributed by atoms with Gasteiger partial charge in [-0.05, 0) is 0 Å². The molecule has 0 rings (SSSR count). The van der Waals surface area contributed by atoms with Crippen LogP contribution in [-0.4, -0.2) is 34.9 Å². The zero-order chi connectivity index (χ0) is 7.28. The van der Waals surface area contributed by atoms with E-state index in [0.29, 0.717) is 6.61 Å². The Bertz CT molecular complexity index is 97.7. The molecular weight excluding hydrogens is 232 g/mol. The molecular formula is C6H13O2Te+. The van der Waals surface area contributed by atoms with E-state index in [4.69, 9.17) is 4.74 Å². The molecule has 0 radical (unpaired) electrons. The Balaban J connectivity index is 0. The largest absolute Gasteiger partial charge is 1.00 e. The van der Waals surface area contributed by atoms with Gasteiger partial charge in [-0.2, -0.15) is 0 Å². The standard InChI is InChI=1S/C6H12O2Te/c1-3-8-6(7)5(2)4-9/h5,9H,3-4H2,1-2H3/p+1. The molecule has 0 amide bonds. The van der Waals surface area contributed by atoms with Crippen molar-refractivity contribution < 1.29 is 11.0 Å². The summed E-state index contributed by atoms with van der Waals surface area (Å²) < 4.78 is 5.67. The Labute approximate surface area is 70.3 Å². The summed E-state index contributed by atoms with van der Waals surface area (Å²) in [6.45, 7) is 4.20. The van der Waals surface area contributed by atoms with Gasteiger partial charge in [0.1, 0.15) is 0 Å². The third-order valence-electron chi connectivity index (χ3n) is 0.963. The second kappa shape index (κ2) is 5.08. The van der Waals surface area contributed by atoms with Gasteiger partial charge >= 0.3 is 70.1 Å². The third kappa shape index (κ3) is 3.77. The molecule has 0 aliphatic carbocycles. The molecule has 0 bridgehead atoms. The number of esters is 1. The average Bonchev–Trinajstić information content (AvgIpc) is 1.87. The molecule has 1 atom stereocenters. The summed E-state index contributed by atoms with van der Waals surface area (Å²) in [5.41, 5.74) is 0. The van der Waals surface area contributed by atoms with Crippen LogP contribution in [0.15, 0.2) is 0 Å². The topological polar surface area (TPSA) is 26.3 Å². The smallest absolute Gasteiger partial charge is 1.00 e. The maximum Gasteiger partial charge on any atom is 1.00 e. The van der Waals surface area contributed by atoms with Crippen molar-refractivity contribution >= 4 is 28.3 Å². The minimum absolute atomic E-state index is 0. The molecule has 0 spiro atoms. The fourth-order valence-corrected chi connectivity index (χ4v) is 0.785. The van der Waals surface area contributed by atoms with Crippen LogP contribution in [0.5, 0.6) is 0 Å². The van der Waals surface area contributed by atoms with Crippen molar-refractivity contribution in [3.8, 4) is 0 Å². The van der Waals surface area contributed by atoms with Crippen LogP contribution >= 0.6 is 0 Å². The second-order valence-electron chi connectivity index (χ2n) is 1.84. The minimum atomic E-state index is -0.0708. The van der Waals surface area contributed by atoms with Gasteiger partial charge in [-0.3, -0.25) is 0 Å². The van der Waals surface area contributed by atoms with Crippen molar-refractivity contribution in [1.82, 2.24) is 0 Å². The molecule has 0 aliphatic rings. The Kier molecular flexibility index (Phi) is 5.22. The first kappa shape index (κ1) is 9.26. The molecule has 3 heteroatoms. The zero-order valence-electron chi connectivity index (χ0n) is 6.76. The molecule has 0 saturated carbocycles. The normalized spacial score (nSPS) is 12.8. The van der Waals surface area contributed by atoms with Crippen LogP contribution in [0.2, 0.25) is 4.47 Å². The Morgan fingerprint density at radius 1 is 1.89 bits per heavy atom. The van der Waals surface area contributed by atoms with E-state index < -0.39 is 0 Å². The summed E-state index contributed by atoms with van der Waals surface area (Å²) in [4.78, 5) is 10.8. The van der Waals surface area contributed by atoms with Crippen LogP contribution in [0, 0.1) is 5.92 Å². The molecule has 0 fully saturated rings. The average molecular weight is 245 g/mol. The third-order valence-corrected chi connectivity index (χ3v) is 2.53. The van der Waals surface area contributed by atoms with E-state index in [9.17, 15) is 4.79 Å². The fraction of sp³-hybridized carbons (Fsp3) is 0.833. The van der Waals surface area contributed by atoms with E-state index >= 15 is 0 Å². The van der Waals surface area contributed by atoms with E-state index in [1.807, 2.05) is 13.8 Å².